The summed E-state index contributed by atoms with van der Waals surface area (Å²) in [6, 6.07) is 20.9. The van der Waals surface area contributed by atoms with E-state index >= 15 is 0 Å². The van der Waals surface area contributed by atoms with Crippen molar-refractivity contribution in [3.63, 3.8) is 0 Å². The van der Waals surface area contributed by atoms with E-state index in [9.17, 15) is 4.79 Å². The Balaban J connectivity index is 1.58. The first kappa shape index (κ1) is 17.0. The highest BCUT2D eigenvalue weighted by atomic mass is 35.5. The Labute approximate surface area is 151 Å². The fraction of sp³-hybridized carbons (Fsp3) is 0.100. The molecule has 1 atom stereocenters. The lowest BCUT2D eigenvalue weighted by Crippen LogP contribution is -2.33. The van der Waals surface area contributed by atoms with Gasteiger partial charge in [0, 0.05) is 5.02 Å². The van der Waals surface area contributed by atoms with Crippen LogP contribution in [0, 0.1) is 0 Å². The van der Waals surface area contributed by atoms with Crippen LogP contribution in [0.5, 0.6) is 5.75 Å². The molecular formula is C20H17ClN2O2. The van der Waals surface area contributed by atoms with Gasteiger partial charge in [0.15, 0.2) is 6.10 Å². The summed E-state index contributed by atoms with van der Waals surface area (Å²) < 4.78 is 5.70. The van der Waals surface area contributed by atoms with Gasteiger partial charge in [-0.3, -0.25) is 4.79 Å². The first-order valence-electron chi connectivity index (χ1n) is 7.86. The van der Waals surface area contributed by atoms with Crippen LogP contribution in [0.2, 0.25) is 5.02 Å². The Morgan fingerprint density at radius 2 is 1.80 bits per heavy atom. The van der Waals surface area contributed by atoms with Crippen LogP contribution in [0.1, 0.15) is 12.5 Å². The number of hydrogen-bond donors (Lipinski definition) is 1. The summed E-state index contributed by atoms with van der Waals surface area (Å²) in [4.78, 5) is 12.1. The van der Waals surface area contributed by atoms with Crippen molar-refractivity contribution in [2.45, 2.75) is 13.0 Å². The number of hydrazone groups is 1. The average Bonchev–Trinajstić information content (AvgIpc) is 2.63. The van der Waals surface area contributed by atoms with Crippen LogP contribution >= 0.6 is 11.6 Å². The molecule has 0 saturated carbocycles. The topological polar surface area (TPSA) is 50.7 Å². The molecule has 0 aliphatic carbocycles. The first-order valence-corrected chi connectivity index (χ1v) is 8.23. The van der Waals surface area contributed by atoms with E-state index in [1.54, 1.807) is 25.3 Å². The van der Waals surface area contributed by atoms with Gasteiger partial charge in [0.25, 0.3) is 5.91 Å². The van der Waals surface area contributed by atoms with Gasteiger partial charge in [-0.15, -0.1) is 0 Å². The third-order valence-electron chi connectivity index (χ3n) is 3.66. The van der Waals surface area contributed by atoms with Crippen LogP contribution in [0.25, 0.3) is 10.8 Å². The van der Waals surface area contributed by atoms with Crippen LogP contribution in [0.15, 0.2) is 71.8 Å². The molecule has 5 heteroatoms. The van der Waals surface area contributed by atoms with Gasteiger partial charge in [-0.1, -0.05) is 54.1 Å². The number of ether oxygens (including phenoxy) is 1. The fourth-order valence-corrected chi connectivity index (χ4v) is 2.43. The number of benzene rings is 3. The number of hydrogen-bond acceptors (Lipinski definition) is 3. The minimum Gasteiger partial charge on any atom is -0.481 e. The maximum atomic E-state index is 12.1. The molecule has 25 heavy (non-hydrogen) atoms. The second kappa shape index (κ2) is 7.81. The highest BCUT2D eigenvalue weighted by Gasteiger charge is 2.14. The van der Waals surface area contributed by atoms with E-state index in [-0.39, 0.29) is 5.91 Å². The molecule has 0 spiro atoms. The van der Waals surface area contributed by atoms with E-state index in [1.165, 1.54) is 0 Å². The van der Waals surface area contributed by atoms with Crippen LogP contribution in [-0.2, 0) is 4.79 Å². The van der Waals surface area contributed by atoms with Crippen molar-refractivity contribution >= 4 is 34.5 Å². The van der Waals surface area contributed by atoms with Gasteiger partial charge in [-0.05, 0) is 47.5 Å². The van der Waals surface area contributed by atoms with Crippen molar-refractivity contribution in [2.75, 3.05) is 0 Å². The Morgan fingerprint density at radius 3 is 2.56 bits per heavy atom. The highest BCUT2D eigenvalue weighted by Crippen LogP contribution is 2.21. The van der Waals surface area contributed by atoms with Crippen LogP contribution in [0.4, 0.5) is 0 Å². The van der Waals surface area contributed by atoms with Crippen LogP contribution in [0.3, 0.4) is 0 Å². The smallest absolute Gasteiger partial charge is 0.280 e. The van der Waals surface area contributed by atoms with E-state index < -0.39 is 6.10 Å². The summed E-state index contributed by atoms with van der Waals surface area (Å²) in [7, 11) is 0. The van der Waals surface area contributed by atoms with Crippen molar-refractivity contribution < 1.29 is 9.53 Å². The number of carbonyl (C=O) groups excluding carboxylic acids is 1. The molecule has 0 fully saturated rings. The third-order valence-corrected chi connectivity index (χ3v) is 3.91. The molecular weight excluding hydrogens is 336 g/mol. The Hall–Kier alpha value is -2.85. The molecule has 1 N–H and O–H groups in total. The summed E-state index contributed by atoms with van der Waals surface area (Å²) >= 11 is 5.82. The molecule has 3 aromatic rings. The van der Waals surface area contributed by atoms with Gasteiger partial charge >= 0.3 is 0 Å². The van der Waals surface area contributed by atoms with Crippen molar-refractivity contribution in [1.29, 1.82) is 0 Å². The van der Waals surface area contributed by atoms with Crippen molar-refractivity contribution in [3.05, 3.63) is 77.3 Å². The summed E-state index contributed by atoms with van der Waals surface area (Å²) in [5, 5.41) is 6.78. The number of nitrogens with zero attached hydrogens (tertiary/aromatic N) is 1. The molecule has 1 amide bonds. The number of fused-ring (bicyclic) bond motifs is 1. The van der Waals surface area contributed by atoms with E-state index in [4.69, 9.17) is 16.3 Å². The number of halogens is 1. The largest absolute Gasteiger partial charge is 0.481 e. The second-order valence-corrected chi connectivity index (χ2v) is 5.99. The maximum absolute atomic E-state index is 12.1. The number of nitrogens with one attached hydrogen (secondary N) is 1. The molecule has 0 aromatic heterocycles. The lowest BCUT2D eigenvalue weighted by atomic mass is 10.1. The van der Waals surface area contributed by atoms with Gasteiger partial charge in [0.2, 0.25) is 0 Å². The summed E-state index contributed by atoms with van der Waals surface area (Å²) in [5.41, 5.74) is 3.32. The Bertz CT molecular complexity index is 907. The number of carbonyl (C=O) groups is 1. The van der Waals surface area contributed by atoms with E-state index in [1.807, 2.05) is 54.6 Å². The molecule has 0 saturated heterocycles. The minimum absolute atomic E-state index is 0.321. The Morgan fingerprint density at radius 1 is 1.08 bits per heavy atom. The van der Waals surface area contributed by atoms with Gasteiger partial charge in [-0.2, -0.15) is 5.10 Å². The zero-order valence-electron chi connectivity index (χ0n) is 13.6. The van der Waals surface area contributed by atoms with Gasteiger partial charge in [-0.25, -0.2) is 5.43 Å². The normalized spacial score (nSPS) is 12.2. The monoisotopic (exact) mass is 352 g/mol. The third kappa shape index (κ3) is 4.58. The van der Waals surface area contributed by atoms with E-state index in [0.717, 1.165) is 16.3 Å². The van der Waals surface area contributed by atoms with Gasteiger partial charge in [0.1, 0.15) is 5.75 Å². The zero-order valence-corrected chi connectivity index (χ0v) is 14.4. The zero-order chi connectivity index (χ0) is 17.6. The number of amides is 1. The quantitative estimate of drug-likeness (QED) is 0.546. The van der Waals surface area contributed by atoms with Gasteiger partial charge < -0.3 is 4.74 Å². The lowest BCUT2D eigenvalue weighted by Gasteiger charge is -2.13. The van der Waals surface area contributed by atoms with Gasteiger partial charge in [0.05, 0.1) is 6.21 Å². The predicted octanol–water partition coefficient (Wildman–Crippen LogP) is 4.41. The average molecular weight is 353 g/mol. The standard InChI is InChI=1S/C20H17ClN2O2/c1-14(20(24)23-22-13-15-6-9-18(21)10-7-15)25-19-11-8-16-4-2-3-5-17(16)12-19/h2-14H,1H3,(H,23,24). The first-order chi connectivity index (χ1) is 12.1. The summed E-state index contributed by atoms with van der Waals surface area (Å²) in [6.45, 7) is 1.68. The van der Waals surface area contributed by atoms with E-state index in [2.05, 4.69) is 10.5 Å². The molecule has 126 valence electrons. The van der Waals surface area contributed by atoms with Crippen molar-refractivity contribution in [2.24, 2.45) is 5.10 Å². The molecule has 0 radical (unpaired) electrons. The minimum atomic E-state index is -0.663. The van der Waals surface area contributed by atoms with Crippen LogP contribution in [-0.4, -0.2) is 18.2 Å². The highest BCUT2D eigenvalue weighted by molar-refractivity contribution is 6.30. The van der Waals surface area contributed by atoms with Crippen molar-refractivity contribution in [3.8, 4) is 5.75 Å². The molecule has 4 nitrogen and oxygen atoms in total. The van der Waals surface area contributed by atoms with Crippen molar-refractivity contribution in [1.82, 2.24) is 5.43 Å². The molecule has 1 unspecified atom stereocenters. The second-order valence-electron chi connectivity index (χ2n) is 5.55. The molecule has 0 bridgehead atoms. The molecule has 0 heterocycles. The van der Waals surface area contributed by atoms with Crippen LogP contribution < -0.4 is 10.2 Å². The molecule has 0 aliphatic rings. The maximum Gasteiger partial charge on any atom is 0.280 e. The Kier molecular flexibility index (Phi) is 5.31. The summed E-state index contributed by atoms with van der Waals surface area (Å²) in [6.07, 6.45) is 0.889. The molecule has 0 aliphatic heterocycles. The SMILES string of the molecule is CC(Oc1ccc2ccccc2c1)C(=O)NN=Cc1ccc(Cl)cc1. The molecule has 3 rings (SSSR count). The predicted molar refractivity (Wildman–Crippen MR) is 101 cm³/mol. The molecule has 3 aromatic carbocycles. The number of rotatable bonds is 5. The van der Waals surface area contributed by atoms with E-state index in [0.29, 0.717) is 10.8 Å². The lowest BCUT2D eigenvalue weighted by molar-refractivity contribution is -0.127. The fourth-order valence-electron chi connectivity index (χ4n) is 2.31. The summed E-state index contributed by atoms with van der Waals surface area (Å²) in [5.74, 6) is 0.321.